The molecular weight excluding hydrogens is 430 g/mol. The lowest BCUT2D eigenvalue weighted by molar-refractivity contribution is -0.117. The van der Waals surface area contributed by atoms with Crippen molar-refractivity contribution < 1.29 is 19.1 Å². The first-order chi connectivity index (χ1) is 16.6. The van der Waals surface area contributed by atoms with E-state index < -0.39 is 0 Å². The van der Waals surface area contributed by atoms with E-state index in [1.165, 1.54) is 0 Å². The minimum atomic E-state index is -0.290. The molecule has 1 heterocycles. The minimum Gasteiger partial charge on any atom is -0.493 e. The van der Waals surface area contributed by atoms with Gasteiger partial charge in [0.15, 0.2) is 11.5 Å². The smallest absolute Gasteiger partial charge is 0.318 e. The van der Waals surface area contributed by atoms with E-state index in [0.29, 0.717) is 36.8 Å². The molecule has 0 aromatic heterocycles. The van der Waals surface area contributed by atoms with Gasteiger partial charge in [-0.3, -0.25) is 4.79 Å². The Bertz CT molecular complexity index is 1080. The molecule has 4 rings (SSSR count). The highest BCUT2D eigenvalue weighted by Crippen LogP contribution is 2.33. The van der Waals surface area contributed by atoms with Crippen LogP contribution in [0, 0.1) is 0 Å². The Morgan fingerprint density at radius 3 is 2.06 bits per heavy atom. The fraction of sp³-hybridized carbons (Fsp3) is 0.259. The number of anilines is 1. The summed E-state index contributed by atoms with van der Waals surface area (Å²) in [5, 5.41) is 3.07. The first-order valence-electron chi connectivity index (χ1n) is 11.2. The number of methoxy groups -OCH3 is 2. The van der Waals surface area contributed by atoms with Crippen molar-refractivity contribution in [3.8, 4) is 11.5 Å². The van der Waals surface area contributed by atoms with Crippen LogP contribution in [-0.2, 0) is 17.9 Å². The van der Waals surface area contributed by atoms with Crippen molar-refractivity contribution in [2.45, 2.75) is 25.6 Å². The topological polar surface area (TPSA) is 71.1 Å². The normalized spacial score (nSPS) is 15.2. The van der Waals surface area contributed by atoms with Gasteiger partial charge in [0, 0.05) is 37.8 Å². The molecule has 7 heteroatoms. The second-order valence-corrected chi connectivity index (χ2v) is 8.22. The number of rotatable bonds is 8. The number of urea groups is 1. The molecule has 1 atom stereocenters. The SMILES string of the molecule is COc1ccc(N2C[C@@H](NC(=O)N(Cc3ccccc3)Cc3ccccc3)CC2=O)cc1OC. The van der Waals surface area contributed by atoms with Crippen molar-refractivity contribution in [2.75, 3.05) is 25.7 Å². The van der Waals surface area contributed by atoms with E-state index >= 15 is 0 Å². The second-order valence-electron chi connectivity index (χ2n) is 8.22. The quantitative estimate of drug-likeness (QED) is 0.548. The molecule has 34 heavy (non-hydrogen) atoms. The van der Waals surface area contributed by atoms with Gasteiger partial charge in [0.2, 0.25) is 5.91 Å². The molecule has 176 valence electrons. The van der Waals surface area contributed by atoms with E-state index in [1.807, 2.05) is 66.7 Å². The molecule has 7 nitrogen and oxygen atoms in total. The number of amides is 3. The highest BCUT2D eigenvalue weighted by molar-refractivity contribution is 5.97. The average molecular weight is 460 g/mol. The fourth-order valence-electron chi connectivity index (χ4n) is 4.12. The summed E-state index contributed by atoms with van der Waals surface area (Å²) < 4.78 is 10.7. The van der Waals surface area contributed by atoms with Crippen molar-refractivity contribution in [1.29, 1.82) is 0 Å². The summed E-state index contributed by atoms with van der Waals surface area (Å²) in [7, 11) is 3.13. The van der Waals surface area contributed by atoms with Gasteiger partial charge in [0.05, 0.1) is 20.3 Å². The molecular formula is C27H29N3O4. The van der Waals surface area contributed by atoms with Gasteiger partial charge in [0.25, 0.3) is 0 Å². The van der Waals surface area contributed by atoms with E-state index in [1.54, 1.807) is 36.2 Å². The van der Waals surface area contributed by atoms with Gasteiger partial charge < -0.3 is 24.6 Å². The molecule has 0 aliphatic carbocycles. The largest absolute Gasteiger partial charge is 0.493 e. The van der Waals surface area contributed by atoms with Crippen LogP contribution in [0.5, 0.6) is 11.5 Å². The van der Waals surface area contributed by atoms with Crippen LogP contribution in [-0.4, -0.2) is 43.6 Å². The number of carbonyl (C=O) groups is 2. The third kappa shape index (κ3) is 5.49. The summed E-state index contributed by atoms with van der Waals surface area (Å²) in [4.78, 5) is 29.5. The molecule has 1 aliphatic heterocycles. The summed E-state index contributed by atoms with van der Waals surface area (Å²) in [6.07, 6.45) is 0.241. The monoisotopic (exact) mass is 459 g/mol. The molecule has 1 fully saturated rings. The third-order valence-electron chi connectivity index (χ3n) is 5.85. The van der Waals surface area contributed by atoms with Crippen LogP contribution in [0.2, 0.25) is 0 Å². The van der Waals surface area contributed by atoms with E-state index in [0.717, 1.165) is 11.1 Å². The Labute approximate surface area is 199 Å². The molecule has 3 aromatic rings. The van der Waals surface area contributed by atoms with E-state index in [2.05, 4.69) is 5.32 Å². The van der Waals surface area contributed by atoms with E-state index in [-0.39, 0.29) is 24.4 Å². The standard InChI is InChI=1S/C27H29N3O4/c1-33-24-14-13-23(16-25(24)34-2)30-19-22(15-26(30)31)28-27(32)29(17-20-9-5-3-6-10-20)18-21-11-7-4-8-12-21/h3-14,16,22H,15,17-19H2,1-2H3,(H,28,32)/t22-/m0/s1. The molecule has 3 amide bonds. The predicted molar refractivity (Wildman–Crippen MR) is 131 cm³/mol. The second kappa shape index (κ2) is 10.7. The molecule has 1 aliphatic rings. The maximum absolute atomic E-state index is 13.3. The molecule has 1 saturated heterocycles. The zero-order chi connectivity index (χ0) is 23.9. The average Bonchev–Trinajstić information content (AvgIpc) is 3.24. The first-order valence-corrected chi connectivity index (χ1v) is 11.2. The summed E-state index contributed by atoms with van der Waals surface area (Å²) in [5.74, 6) is 1.10. The zero-order valence-corrected chi connectivity index (χ0v) is 19.4. The Morgan fingerprint density at radius 2 is 1.50 bits per heavy atom. The van der Waals surface area contributed by atoms with Gasteiger partial charge in [0.1, 0.15) is 0 Å². The van der Waals surface area contributed by atoms with E-state index in [4.69, 9.17) is 9.47 Å². The van der Waals surface area contributed by atoms with Crippen LogP contribution in [0.4, 0.5) is 10.5 Å². The summed E-state index contributed by atoms with van der Waals surface area (Å²) in [6.45, 7) is 1.34. The Balaban J connectivity index is 1.46. The third-order valence-corrected chi connectivity index (χ3v) is 5.85. The Morgan fingerprint density at radius 1 is 0.912 bits per heavy atom. The number of carbonyl (C=O) groups excluding carboxylic acids is 2. The summed E-state index contributed by atoms with van der Waals surface area (Å²) >= 11 is 0. The van der Waals surface area contributed by atoms with Crippen molar-refractivity contribution in [1.82, 2.24) is 10.2 Å². The van der Waals surface area contributed by atoms with Gasteiger partial charge in [-0.15, -0.1) is 0 Å². The zero-order valence-electron chi connectivity index (χ0n) is 19.4. The predicted octanol–water partition coefficient (Wildman–Crippen LogP) is 4.22. The van der Waals surface area contributed by atoms with Crippen LogP contribution < -0.4 is 19.7 Å². The van der Waals surface area contributed by atoms with Crippen molar-refractivity contribution in [2.24, 2.45) is 0 Å². The highest BCUT2D eigenvalue weighted by atomic mass is 16.5. The highest BCUT2D eigenvalue weighted by Gasteiger charge is 2.33. The lowest BCUT2D eigenvalue weighted by Gasteiger charge is -2.25. The van der Waals surface area contributed by atoms with Gasteiger partial charge in [-0.25, -0.2) is 4.79 Å². The van der Waals surface area contributed by atoms with Crippen molar-refractivity contribution in [3.05, 3.63) is 90.0 Å². The van der Waals surface area contributed by atoms with Gasteiger partial charge >= 0.3 is 6.03 Å². The number of hydrogen-bond acceptors (Lipinski definition) is 4. The van der Waals surface area contributed by atoms with Crippen LogP contribution in [0.3, 0.4) is 0 Å². The lowest BCUT2D eigenvalue weighted by atomic mass is 10.1. The number of benzene rings is 3. The van der Waals surface area contributed by atoms with Crippen LogP contribution in [0.15, 0.2) is 78.9 Å². The van der Waals surface area contributed by atoms with Gasteiger partial charge in [-0.1, -0.05) is 60.7 Å². The fourth-order valence-corrected chi connectivity index (χ4v) is 4.12. The van der Waals surface area contributed by atoms with Crippen LogP contribution >= 0.6 is 0 Å². The molecule has 0 bridgehead atoms. The van der Waals surface area contributed by atoms with Crippen molar-refractivity contribution >= 4 is 17.6 Å². The Hall–Kier alpha value is -4.00. The maximum atomic E-state index is 13.3. The number of hydrogen-bond donors (Lipinski definition) is 1. The molecule has 0 unspecified atom stereocenters. The maximum Gasteiger partial charge on any atom is 0.318 e. The lowest BCUT2D eigenvalue weighted by Crippen LogP contribution is -2.45. The molecule has 3 aromatic carbocycles. The van der Waals surface area contributed by atoms with Gasteiger partial charge in [-0.05, 0) is 23.3 Å². The molecule has 0 radical (unpaired) electrons. The van der Waals surface area contributed by atoms with Crippen LogP contribution in [0.1, 0.15) is 17.5 Å². The number of nitrogens with zero attached hydrogens (tertiary/aromatic N) is 2. The Kier molecular flexibility index (Phi) is 7.32. The summed E-state index contributed by atoms with van der Waals surface area (Å²) in [5.41, 5.74) is 2.80. The van der Waals surface area contributed by atoms with Gasteiger partial charge in [-0.2, -0.15) is 0 Å². The van der Waals surface area contributed by atoms with Crippen molar-refractivity contribution in [3.63, 3.8) is 0 Å². The minimum absolute atomic E-state index is 0.0461. The number of nitrogens with one attached hydrogen (secondary N) is 1. The molecule has 0 saturated carbocycles. The van der Waals surface area contributed by atoms with Crippen LogP contribution in [0.25, 0.3) is 0 Å². The number of ether oxygens (including phenoxy) is 2. The molecule has 0 spiro atoms. The van der Waals surface area contributed by atoms with E-state index in [9.17, 15) is 9.59 Å². The first kappa shape index (κ1) is 23.2. The molecule has 1 N–H and O–H groups in total. The summed E-state index contributed by atoms with van der Waals surface area (Å²) in [6, 6.07) is 24.7.